The average Bonchev–Trinajstić information content (AvgIpc) is 2.18. The van der Waals surface area contributed by atoms with Crippen LogP contribution >= 0.6 is 27.5 Å². The molecule has 0 radical (unpaired) electrons. The normalized spacial score (nSPS) is 9.93. The van der Waals surface area contributed by atoms with Crippen LogP contribution in [0, 0.1) is 0 Å². The zero-order chi connectivity index (χ0) is 10.6. The monoisotopic (exact) mass is 279 g/mol. The first-order chi connectivity index (χ1) is 6.65. The van der Waals surface area contributed by atoms with Gasteiger partial charge in [0, 0.05) is 16.6 Å². The van der Waals surface area contributed by atoms with Gasteiger partial charge in [-0.3, -0.25) is 4.79 Å². The van der Waals surface area contributed by atoms with E-state index in [1.807, 2.05) is 0 Å². The lowest BCUT2D eigenvalue weighted by molar-refractivity contribution is 0.0951. The summed E-state index contributed by atoms with van der Waals surface area (Å²) in [6, 6.07) is 4.81. The Morgan fingerprint density at radius 3 is 2.86 bits per heavy atom. The topological polar surface area (TPSA) is 29.1 Å². The van der Waals surface area contributed by atoms with Gasteiger partial charge in [-0.1, -0.05) is 11.6 Å². The Morgan fingerprint density at radius 2 is 2.29 bits per heavy atom. The van der Waals surface area contributed by atoms with Gasteiger partial charge in [-0.15, -0.1) is 0 Å². The third-order valence-corrected chi connectivity index (χ3v) is 2.79. The van der Waals surface area contributed by atoms with Crippen LogP contribution in [0.25, 0.3) is 0 Å². The summed E-state index contributed by atoms with van der Waals surface area (Å²) in [7, 11) is 0. The summed E-state index contributed by atoms with van der Waals surface area (Å²) in [5.74, 6) is -0.322. The molecular formula is C9H8BrClFNO. The zero-order valence-electron chi connectivity index (χ0n) is 7.19. The SMILES string of the molecule is O=C(NCCF)c1ccc(Br)c(Cl)c1. The van der Waals surface area contributed by atoms with Crippen molar-refractivity contribution in [3.8, 4) is 0 Å². The van der Waals surface area contributed by atoms with Crippen molar-refractivity contribution in [3.63, 3.8) is 0 Å². The first kappa shape index (κ1) is 11.5. The van der Waals surface area contributed by atoms with Gasteiger partial charge in [-0.05, 0) is 34.1 Å². The highest BCUT2D eigenvalue weighted by molar-refractivity contribution is 9.10. The molecule has 0 atom stereocenters. The highest BCUT2D eigenvalue weighted by Crippen LogP contribution is 2.22. The number of nitrogens with one attached hydrogen (secondary N) is 1. The van der Waals surface area contributed by atoms with Crippen molar-refractivity contribution in [2.45, 2.75) is 0 Å². The van der Waals surface area contributed by atoms with E-state index in [9.17, 15) is 9.18 Å². The minimum absolute atomic E-state index is 0.0204. The minimum atomic E-state index is -0.573. The summed E-state index contributed by atoms with van der Waals surface area (Å²) >= 11 is 9.00. The minimum Gasteiger partial charge on any atom is -0.349 e. The van der Waals surface area contributed by atoms with Crippen molar-refractivity contribution in [2.75, 3.05) is 13.2 Å². The van der Waals surface area contributed by atoms with E-state index in [0.29, 0.717) is 10.6 Å². The lowest BCUT2D eigenvalue weighted by Crippen LogP contribution is -2.25. The molecule has 1 N–H and O–H groups in total. The van der Waals surface area contributed by atoms with E-state index >= 15 is 0 Å². The Bertz CT molecular complexity index is 346. The van der Waals surface area contributed by atoms with Crippen molar-refractivity contribution in [1.29, 1.82) is 0 Å². The van der Waals surface area contributed by atoms with Gasteiger partial charge in [-0.25, -0.2) is 4.39 Å². The third-order valence-electron chi connectivity index (χ3n) is 1.56. The van der Waals surface area contributed by atoms with E-state index in [1.54, 1.807) is 12.1 Å². The van der Waals surface area contributed by atoms with Gasteiger partial charge >= 0.3 is 0 Å². The van der Waals surface area contributed by atoms with Gasteiger partial charge in [0.05, 0.1) is 5.02 Å². The van der Waals surface area contributed by atoms with E-state index in [4.69, 9.17) is 11.6 Å². The number of benzene rings is 1. The molecule has 1 rings (SSSR count). The molecule has 1 amide bonds. The van der Waals surface area contributed by atoms with Crippen LogP contribution in [0.3, 0.4) is 0 Å². The summed E-state index contributed by atoms with van der Waals surface area (Å²) in [5.41, 5.74) is 0.423. The number of rotatable bonds is 3. The van der Waals surface area contributed by atoms with Crippen LogP contribution in [0.2, 0.25) is 5.02 Å². The summed E-state index contributed by atoms with van der Waals surface area (Å²) in [6.45, 7) is -0.553. The van der Waals surface area contributed by atoms with Gasteiger partial charge in [0.15, 0.2) is 0 Å². The van der Waals surface area contributed by atoms with E-state index < -0.39 is 6.67 Å². The molecule has 0 spiro atoms. The number of halogens is 3. The second-order valence-electron chi connectivity index (χ2n) is 2.57. The molecule has 0 aliphatic heterocycles. The van der Waals surface area contributed by atoms with E-state index in [1.165, 1.54) is 6.07 Å². The molecule has 2 nitrogen and oxygen atoms in total. The average molecular weight is 281 g/mol. The Labute approximate surface area is 94.6 Å². The lowest BCUT2D eigenvalue weighted by atomic mass is 10.2. The summed E-state index contributed by atoms with van der Waals surface area (Å²) in [4.78, 5) is 11.3. The molecule has 0 unspecified atom stereocenters. The van der Waals surface area contributed by atoms with Crippen LogP contribution in [-0.2, 0) is 0 Å². The molecule has 0 heterocycles. The first-order valence-corrected chi connectivity index (χ1v) is 5.11. The predicted octanol–water partition coefficient (Wildman–Crippen LogP) is 2.80. The van der Waals surface area contributed by atoms with Gasteiger partial charge < -0.3 is 5.32 Å². The third kappa shape index (κ3) is 2.96. The standard InChI is InChI=1S/C9H8BrClFNO/c10-7-2-1-6(5-8(7)11)9(14)13-4-3-12/h1-2,5H,3-4H2,(H,13,14). The number of amides is 1. The number of hydrogen-bond donors (Lipinski definition) is 1. The highest BCUT2D eigenvalue weighted by Gasteiger charge is 2.06. The zero-order valence-corrected chi connectivity index (χ0v) is 9.53. The molecule has 76 valence electrons. The van der Waals surface area contributed by atoms with E-state index in [0.717, 1.165) is 4.47 Å². The van der Waals surface area contributed by atoms with E-state index in [2.05, 4.69) is 21.2 Å². The Kier molecular flexibility index (Phi) is 4.35. The fraction of sp³-hybridized carbons (Fsp3) is 0.222. The Balaban J connectivity index is 2.76. The second kappa shape index (κ2) is 5.32. The molecule has 0 saturated heterocycles. The maximum Gasteiger partial charge on any atom is 0.251 e. The quantitative estimate of drug-likeness (QED) is 0.906. The van der Waals surface area contributed by atoms with Gasteiger partial charge in [0.1, 0.15) is 6.67 Å². The Morgan fingerprint density at radius 1 is 1.57 bits per heavy atom. The number of carbonyl (C=O) groups is 1. The van der Waals surface area contributed by atoms with Crippen LogP contribution in [0.1, 0.15) is 10.4 Å². The van der Waals surface area contributed by atoms with Crippen LogP contribution in [0.5, 0.6) is 0 Å². The highest BCUT2D eigenvalue weighted by atomic mass is 79.9. The van der Waals surface area contributed by atoms with Gasteiger partial charge in [-0.2, -0.15) is 0 Å². The molecule has 0 bridgehead atoms. The van der Waals surface area contributed by atoms with Crippen LogP contribution in [-0.4, -0.2) is 19.1 Å². The molecule has 0 saturated carbocycles. The summed E-state index contributed by atoms with van der Waals surface area (Å²) < 4.78 is 12.5. The molecule has 0 aliphatic rings. The van der Waals surface area contributed by atoms with Gasteiger partial charge in [0.2, 0.25) is 0 Å². The molecule has 5 heteroatoms. The van der Waals surface area contributed by atoms with Gasteiger partial charge in [0.25, 0.3) is 5.91 Å². The lowest BCUT2D eigenvalue weighted by Gasteiger charge is -2.03. The number of carbonyl (C=O) groups excluding carboxylic acids is 1. The fourth-order valence-electron chi connectivity index (χ4n) is 0.900. The summed E-state index contributed by atoms with van der Waals surface area (Å²) in [5, 5.41) is 2.86. The molecule has 14 heavy (non-hydrogen) atoms. The maximum absolute atomic E-state index is 11.8. The summed E-state index contributed by atoms with van der Waals surface area (Å²) in [6.07, 6.45) is 0. The van der Waals surface area contributed by atoms with Crippen molar-refractivity contribution >= 4 is 33.4 Å². The predicted molar refractivity (Wildman–Crippen MR) is 57.5 cm³/mol. The van der Waals surface area contributed by atoms with Crippen molar-refractivity contribution < 1.29 is 9.18 Å². The second-order valence-corrected chi connectivity index (χ2v) is 3.84. The smallest absolute Gasteiger partial charge is 0.251 e. The molecule has 1 aromatic carbocycles. The van der Waals surface area contributed by atoms with Crippen LogP contribution < -0.4 is 5.32 Å². The molecule has 0 fully saturated rings. The maximum atomic E-state index is 11.8. The van der Waals surface area contributed by atoms with Crippen LogP contribution in [0.15, 0.2) is 22.7 Å². The Hall–Kier alpha value is -0.610. The number of alkyl halides is 1. The first-order valence-electron chi connectivity index (χ1n) is 3.94. The molecule has 1 aromatic rings. The van der Waals surface area contributed by atoms with Crippen molar-refractivity contribution in [1.82, 2.24) is 5.32 Å². The van der Waals surface area contributed by atoms with Crippen molar-refractivity contribution in [2.24, 2.45) is 0 Å². The fourth-order valence-corrected chi connectivity index (χ4v) is 1.33. The molecule has 0 aliphatic carbocycles. The van der Waals surface area contributed by atoms with Crippen molar-refractivity contribution in [3.05, 3.63) is 33.3 Å². The van der Waals surface area contributed by atoms with Crippen LogP contribution in [0.4, 0.5) is 4.39 Å². The van der Waals surface area contributed by atoms with E-state index in [-0.39, 0.29) is 12.5 Å². The molecular weight excluding hydrogens is 272 g/mol. The molecule has 0 aromatic heterocycles. The largest absolute Gasteiger partial charge is 0.349 e. The number of hydrogen-bond acceptors (Lipinski definition) is 1.